The first kappa shape index (κ1) is 31.6. The molecular weight excluding hydrogens is 564 g/mol. The van der Waals surface area contributed by atoms with Crippen LogP contribution in [0.4, 0.5) is 0 Å². The lowest BCUT2D eigenvalue weighted by atomic mass is 9.45. The lowest BCUT2D eigenvalue weighted by Gasteiger charge is -2.64. The summed E-state index contributed by atoms with van der Waals surface area (Å²) in [5.74, 6) is 1.37. The minimum atomic E-state index is -0.711. The first-order valence-corrected chi connectivity index (χ1v) is 17.8. The highest BCUT2D eigenvalue weighted by molar-refractivity contribution is 7.99. The number of cyclic esters (lactones) is 1. The molecule has 0 bridgehead atoms. The maximum atomic E-state index is 12.9. The average molecular weight is 615 g/mol. The highest BCUT2D eigenvalue weighted by atomic mass is 32.2. The molecule has 3 unspecified atom stereocenters. The van der Waals surface area contributed by atoms with Gasteiger partial charge in [-0.3, -0.25) is 0 Å². The summed E-state index contributed by atoms with van der Waals surface area (Å²) in [5.41, 5.74) is 3.40. The maximum Gasteiger partial charge on any atom is 0.334 e. The number of unbranched alkanes of at least 4 members (excludes halogenated alkanes) is 2. The third-order valence-corrected chi connectivity index (χ3v) is 12.7. The van der Waals surface area contributed by atoms with Crippen LogP contribution in [0.25, 0.3) is 0 Å². The number of hydrogen-bond donors (Lipinski definition) is 0. The summed E-state index contributed by atoms with van der Waals surface area (Å²) in [4.78, 5) is 14.2. The van der Waals surface area contributed by atoms with Crippen molar-refractivity contribution in [2.45, 2.75) is 95.3 Å². The van der Waals surface area contributed by atoms with Crippen molar-refractivity contribution < 1.29 is 19.0 Å². The molecule has 2 heterocycles. The van der Waals surface area contributed by atoms with E-state index in [9.17, 15) is 4.79 Å². The van der Waals surface area contributed by atoms with E-state index in [-0.39, 0.29) is 28.8 Å². The van der Waals surface area contributed by atoms with Gasteiger partial charge >= 0.3 is 5.97 Å². The van der Waals surface area contributed by atoms with Crippen molar-refractivity contribution in [3.63, 3.8) is 0 Å². The van der Waals surface area contributed by atoms with Gasteiger partial charge in [-0.25, -0.2) is 4.79 Å². The van der Waals surface area contributed by atoms with Gasteiger partial charge < -0.3 is 14.2 Å². The van der Waals surface area contributed by atoms with E-state index in [2.05, 4.69) is 88.0 Å². The maximum absolute atomic E-state index is 12.9. The van der Waals surface area contributed by atoms with Gasteiger partial charge in [0, 0.05) is 21.4 Å². The number of thioether (sulfide) groups is 1. The molecule has 44 heavy (non-hydrogen) atoms. The highest BCUT2D eigenvalue weighted by Crippen LogP contribution is 2.64. The fourth-order valence-corrected chi connectivity index (χ4v) is 9.99. The van der Waals surface area contributed by atoms with Gasteiger partial charge in [0.15, 0.2) is 5.79 Å². The summed E-state index contributed by atoms with van der Waals surface area (Å²) < 4.78 is 19.0. The highest BCUT2D eigenvalue weighted by Gasteiger charge is 2.61. The predicted molar refractivity (Wildman–Crippen MR) is 178 cm³/mol. The van der Waals surface area contributed by atoms with E-state index >= 15 is 0 Å². The number of carbonyl (C=O) groups excluding carboxylic acids is 1. The quantitative estimate of drug-likeness (QED) is 0.109. The molecule has 2 aliphatic carbocycles. The van der Waals surface area contributed by atoms with Crippen molar-refractivity contribution in [2.75, 3.05) is 19.0 Å². The number of hydrogen-bond acceptors (Lipinski definition) is 5. The standard InChI is InChI=1S/C39H50O4S/c1-28-19-20-34-37(2,23-21-35-38(34,3)27-42-39(4,43-35)30-15-9-5-10-16-30)33(28)26-29(32-22-24-41-36(32)40)14-8-7-13-25-44-31-17-11-6-12-18-31/h5-6,9-12,15-18,22,29,33-35H,1,7-8,13-14,19-21,23-27H2,2-4H3/t29?,33-,34?,35+,37+,38-,39?/m0/s1. The molecule has 7 atom stereocenters. The molecule has 2 aliphatic heterocycles. The van der Waals surface area contributed by atoms with Crippen LogP contribution in [0.3, 0.4) is 0 Å². The number of ether oxygens (including phenoxy) is 3. The number of allylic oxidation sites excluding steroid dienone is 1. The smallest absolute Gasteiger partial charge is 0.334 e. The summed E-state index contributed by atoms with van der Waals surface area (Å²) >= 11 is 1.94. The van der Waals surface area contributed by atoms with E-state index in [0.29, 0.717) is 25.0 Å². The molecule has 236 valence electrons. The van der Waals surface area contributed by atoms with Gasteiger partial charge in [-0.2, -0.15) is 0 Å². The van der Waals surface area contributed by atoms with Gasteiger partial charge in [-0.1, -0.05) is 87.4 Å². The molecule has 0 radical (unpaired) electrons. The van der Waals surface area contributed by atoms with Crippen LogP contribution >= 0.6 is 11.8 Å². The Morgan fingerprint density at radius 2 is 1.70 bits per heavy atom. The molecule has 6 rings (SSSR count). The van der Waals surface area contributed by atoms with Crippen LogP contribution in [0.2, 0.25) is 0 Å². The topological polar surface area (TPSA) is 44.8 Å². The SMILES string of the molecule is C=C1CCC2[C@]3(C)COC(C)(c4ccccc4)O[C@@H]3CC[C@]2(C)[C@H]1CC(CCCCCSc1ccccc1)C1=CCOC1=O. The van der Waals surface area contributed by atoms with Crippen LogP contribution in [0.15, 0.2) is 89.4 Å². The van der Waals surface area contributed by atoms with E-state index in [1.807, 2.05) is 17.8 Å². The van der Waals surface area contributed by atoms with E-state index < -0.39 is 5.79 Å². The first-order valence-electron chi connectivity index (χ1n) is 16.8. The van der Waals surface area contributed by atoms with E-state index in [1.165, 1.54) is 23.3 Å². The van der Waals surface area contributed by atoms with Crippen molar-refractivity contribution in [3.8, 4) is 0 Å². The van der Waals surface area contributed by atoms with Crippen molar-refractivity contribution in [1.29, 1.82) is 0 Å². The van der Waals surface area contributed by atoms with E-state index in [1.54, 1.807) is 0 Å². The number of esters is 1. The second-order valence-corrected chi connectivity index (χ2v) is 15.4. The van der Waals surface area contributed by atoms with Crippen LogP contribution in [-0.4, -0.2) is 31.0 Å². The van der Waals surface area contributed by atoms with Crippen LogP contribution < -0.4 is 0 Å². The molecule has 0 N–H and O–H groups in total. The van der Waals surface area contributed by atoms with Crippen LogP contribution in [0.1, 0.15) is 84.1 Å². The predicted octanol–water partition coefficient (Wildman–Crippen LogP) is 9.51. The minimum absolute atomic E-state index is 0.0578. The van der Waals surface area contributed by atoms with Gasteiger partial charge in [0.25, 0.3) is 0 Å². The van der Waals surface area contributed by atoms with Crippen molar-refractivity contribution in [1.82, 2.24) is 0 Å². The second-order valence-electron chi connectivity index (χ2n) is 14.3. The van der Waals surface area contributed by atoms with Crippen LogP contribution in [0.5, 0.6) is 0 Å². The molecule has 0 spiro atoms. The van der Waals surface area contributed by atoms with Crippen LogP contribution in [-0.2, 0) is 24.8 Å². The second kappa shape index (κ2) is 13.2. The zero-order valence-electron chi connectivity index (χ0n) is 26.9. The summed E-state index contributed by atoms with van der Waals surface area (Å²) in [5, 5.41) is 0. The van der Waals surface area contributed by atoms with Gasteiger partial charge in [0.2, 0.25) is 0 Å². The molecule has 3 fully saturated rings. The van der Waals surface area contributed by atoms with E-state index in [4.69, 9.17) is 14.2 Å². The summed E-state index contributed by atoms with van der Waals surface area (Å²) in [6.45, 7) is 12.8. The molecule has 4 nitrogen and oxygen atoms in total. The number of carbonyl (C=O) groups is 1. The summed E-state index contributed by atoms with van der Waals surface area (Å²) in [7, 11) is 0. The van der Waals surface area contributed by atoms with E-state index in [0.717, 1.165) is 61.8 Å². The van der Waals surface area contributed by atoms with Crippen molar-refractivity contribution in [2.24, 2.45) is 28.6 Å². The van der Waals surface area contributed by atoms with Gasteiger partial charge in [-0.05, 0) is 99.0 Å². The lowest BCUT2D eigenvalue weighted by molar-refractivity contribution is -0.359. The molecule has 1 saturated heterocycles. The molecular formula is C39H50O4S. The summed E-state index contributed by atoms with van der Waals surface area (Å²) in [6, 6.07) is 21.0. The Kier molecular flexibility index (Phi) is 9.48. The fourth-order valence-electron chi connectivity index (χ4n) is 9.05. The third-order valence-electron chi connectivity index (χ3n) is 11.6. The molecule has 4 aliphatic rings. The molecule has 2 aromatic carbocycles. The molecule has 0 aromatic heterocycles. The Morgan fingerprint density at radius 3 is 2.43 bits per heavy atom. The fraction of sp³-hybridized carbons (Fsp3) is 0.564. The Morgan fingerprint density at radius 1 is 0.955 bits per heavy atom. The van der Waals surface area contributed by atoms with Gasteiger partial charge in [-0.15, -0.1) is 11.8 Å². The number of rotatable bonds is 11. The normalized spacial score (nSPS) is 34.1. The summed E-state index contributed by atoms with van der Waals surface area (Å²) in [6.07, 6.45) is 12.0. The Bertz CT molecular complexity index is 1340. The molecule has 2 saturated carbocycles. The Hall–Kier alpha value is -2.34. The minimum Gasteiger partial charge on any atom is -0.458 e. The lowest BCUT2D eigenvalue weighted by Crippen LogP contribution is -2.62. The van der Waals surface area contributed by atoms with Gasteiger partial charge in [0.05, 0.1) is 12.7 Å². The van der Waals surface area contributed by atoms with Crippen molar-refractivity contribution in [3.05, 3.63) is 90.0 Å². The number of benzene rings is 2. The monoisotopic (exact) mass is 614 g/mol. The average Bonchev–Trinajstić information content (AvgIpc) is 3.46. The zero-order chi connectivity index (χ0) is 30.8. The molecule has 2 aromatic rings. The third kappa shape index (κ3) is 6.22. The Labute approximate surface area is 269 Å². The molecule has 0 amide bonds. The van der Waals surface area contributed by atoms with Crippen LogP contribution in [0, 0.1) is 28.6 Å². The van der Waals surface area contributed by atoms with Crippen molar-refractivity contribution >= 4 is 17.7 Å². The number of fused-ring (bicyclic) bond motifs is 3. The largest absolute Gasteiger partial charge is 0.458 e. The molecule has 5 heteroatoms. The van der Waals surface area contributed by atoms with Gasteiger partial charge in [0.1, 0.15) is 6.61 Å². The first-order chi connectivity index (χ1) is 21.2. The zero-order valence-corrected chi connectivity index (χ0v) is 27.7. The Balaban J connectivity index is 1.14.